The Hall–Kier alpha value is -1.98. The molecule has 0 bridgehead atoms. The lowest BCUT2D eigenvalue weighted by Gasteiger charge is -2.27. The van der Waals surface area contributed by atoms with Gasteiger partial charge in [-0.05, 0) is 36.5 Å². The van der Waals surface area contributed by atoms with Crippen molar-refractivity contribution in [2.24, 2.45) is 11.8 Å². The lowest BCUT2D eigenvalue weighted by molar-refractivity contribution is -0.137. The molecule has 4 nitrogen and oxygen atoms in total. The van der Waals surface area contributed by atoms with E-state index in [0.29, 0.717) is 5.92 Å². The number of rotatable bonds is 3. The van der Waals surface area contributed by atoms with Gasteiger partial charge in [-0.2, -0.15) is 0 Å². The van der Waals surface area contributed by atoms with Crippen molar-refractivity contribution in [2.45, 2.75) is 59.3 Å². The molecule has 2 rings (SSSR count). The summed E-state index contributed by atoms with van der Waals surface area (Å²) in [6.07, 6.45) is 3.71. The Labute approximate surface area is 152 Å². The van der Waals surface area contributed by atoms with Crippen LogP contribution in [0.1, 0.15) is 51.2 Å². The van der Waals surface area contributed by atoms with Crippen molar-refractivity contribution in [3.05, 3.63) is 17.7 Å². The molecule has 0 saturated carbocycles. The highest BCUT2D eigenvalue weighted by Crippen LogP contribution is 2.32. The van der Waals surface area contributed by atoms with Gasteiger partial charge in [0, 0.05) is 12.5 Å². The number of hydrogen-bond donors (Lipinski definition) is 1. The third-order valence-electron chi connectivity index (χ3n) is 4.53. The highest BCUT2D eigenvalue weighted by atomic mass is 28.3. The average molecular weight is 356 g/mol. The standard InChI is InChI=1S/C20H29N3OSi/c1-15(2)16(3)20(24)23-12-9-11-18(23)19-21-14-17(22-19)10-7-8-13-25(4,5)6/h14-16,18H,9,11-12H2,1-6H3,(H,21,22)/t16-,18-/m0/s1. The summed E-state index contributed by atoms with van der Waals surface area (Å²) in [5, 5.41) is 0. The van der Waals surface area contributed by atoms with Gasteiger partial charge in [0.1, 0.15) is 19.6 Å². The summed E-state index contributed by atoms with van der Waals surface area (Å²) in [5.74, 6) is 10.3. The Bertz CT molecular complexity index is 737. The van der Waals surface area contributed by atoms with Crippen LogP contribution in [0.25, 0.3) is 0 Å². The minimum absolute atomic E-state index is 0.0339. The maximum atomic E-state index is 12.7. The second kappa shape index (κ2) is 7.93. The summed E-state index contributed by atoms with van der Waals surface area (Å²) >= 11 is 0. The van der Waals surface area contributed by atoms with E-state index < -0.39 is 8.07 Å². The van der Waals surface area contributed by atoms with E-state index in [1.807, 2.05) is 11.8 Å². The van der Waals surface area contributed by atoms with Gasteiger partial charge in [0.2, 0.25) is 5.91 Å². The van der Waals surface area contributed by atoms with E-state index in [1.54, 1.807) is 6.20 Å². The Morgan fingerprint density at radius 2 is 2.04 bits per heavy atom. The lowest BCUT2D eigenvalue weighted by Crippen LogP contribution is -2.36. The third-order valence-corrected chi connectivity index (χ3v) is 5.41. The van der Waals surface area contributed by atoms with Crippen molar-refractivity contribution >= 4 is 14.0 Å². The average Bonchev–Trinajstić information content (AvgIpc) is 3.17. The quantitative estimate of drug-likeness (QED) is 0.665. The van der Waals surface area contributed by atoms with Crippen LogP contribution in [0.5, 0.6) is 0 Å². The molecule has 1 saturated heterocycles. The van der Waals surface area contributed by atoms with E-state index in [-0.39, 0.29) is 17.9 Å². The SMILES string of the molecule is CC(C)[C@H](C)C(=O)N1CCC[C@H]1c1ncc(C#CC#C[Si](C)(C)C)[nH]1. The molecule has 0 aliphatic carbocycles. The fourth-order valence-corrected chi connectivity index (χ4v) is 3.19. The van der Waals surface area contributed by atoms with E-state index >= 15 is 0 Å². The maximum Gasteiger partial charge on any atom is 0.226 e. The Balaban J connectivity index is 2.12. The van der Waals surface area contributed by atoms with Gasteiger partial charge in [-0.15, -0.1) is 5.54 Å². The summed E-state index contributed by atoms with van der Waals surface area (Å²) in [4.78, 5) is 22.4. The molecule has 25 heavy (non-hydrogen) atoms. The number of nitrogens with one attached hydrogen (secondary N) is 1. The van der Waals surface area contributed by atoms with Gasteiger partial charge < -0.3 is 9.88 Å². The molecule has 5 heteroatoms. The van der Waals surface area contributed by atoms with Crippen LogP contribution in [0.3, 0.4) is 0 Å². The van der Waals surface area contributed by atoms with Gasteiger partial charge >= 0.3 is 0 Å². The largest absolute Gasteiger partial charge is 0.334 e. The second-order valence-electron chi connectivity index (χ2n) is 8.15. The first-order valence-electron chi connectivity index (χ1n) is 9.07. The molecule has 1 fully saturated rings. The molecule has 134 valence electrons. The number of aromatic amines is 1. The molecule has 1 aliphatic rings. The predicted molar refractivity (Wildman–Crippen MR) is 104 cm³/mol. The number of nitrogens with zero attached hydrogens (tertiary/aromatic N) is 2. The number of likely N-dealkylation sites (tertiary alicyclic amines) is 1. The number of carbonyl (C=O) groups excluding carboxylic acids is 1. The zero-order valence-electron chi connectivity index (χ0n) is 16.2. The van der Waals surface area contributed by atoms with Crippen molar-refractivity contribution in [2.75, 3.05) is 6.54 Å². The molecule has 1 N–H and O–H groups in total. The Morgan fingerprint density at radius 3 is 2.68 bits per heavy atom. The molecule has 2 heterocycles. The van der Waals surface area contributed by atoms with Crippen LogP contribution in [-0.2, 0) is 4.79 Å². The first-order valence-corrected chi connectivity index (χ1v) is 12.6. The number of imidazole rings is 1. The molecule has 0 unspecified atom stereocenters. The maximum absolute atomic E-state index is 12.7. The van der Waals surface area contributed by atoms with Gasteiger partial charge in [0.05, 0.1) is 12.2 Å². The highest BCUT2D eigenvalue weighted by molar-refractivity contribution is 6.83. The molecule has 1 aliphatic heterocycles. The third kappa shape index (κ3) is 5.24. The smallest absolute Gasteiger partial charge is 0.226 e. The molecular formula is C20H29N3OSi. The fraction of sp³-hybridized carbons (Fsp3) is 0.600. The van der Waals surface area contributed by atoms with Crippen molar-refractivity contribution in [3.8, 4) is 23.3 Å². The molecule has 0 radical (unpaired) electrons. The molecule has 1 aromatic rings. The minimum atomic E-state index is -1.39. The van der Waals surface area contributed by atoms with Crippen molar-refractivity contribution in [1.29, 1.82) is 0 Å². The van der Waals surface area contributed by atoms with Crippen LogP contribution in [0.15, 0.2) is 6.20 Å². The van der Waals surface area contributed by atoms with Crippen LogP contribution >= 0.6 is 0 Å². The van der Waals surface area contributed by atoms with Gasteiger partial charge in [-0.25, -0.2) is 4.98 Å². The van der Waals surface area contributed by atoms with E-state index in [1.165, 1.54) is 0 Å². The molecule has 0 spiro atoms. The molecule has 2 atom stereocenters. The normalized spacial score (nSPS) is 18.4. The summed E-state index contributed by atoms with van der Waals surface area (Å²) in [6.45, 7) is 13.6. The van der Waals surface area contributed by atoms with E-state index in [2.05, 4.69) is 66.8 Å². The first-order chi connectivity index (χ1) is 11.7. The van der Waals surface area contributed by atoms with Crippen molar-refractivity contribution in [3.63, 3.8) is 0 Å². The summed E-state index contributed by atoms with van der Waals surface area (Å²) in [5.41, 5.74) is 3.99. The topological polar surface area (TPSA) is 49.0 Å². The van der Waals surface area contributed by atoms with E-state index in [4.69, 9.17) is 0 Å². The Morgan fingerprint density at radius 1 is 1.32 bits per heavy atom. The molecule has 1 aromatic heterocycles. The zero-order chi connectivity index (χ0) is 18.6. The van der Waals surface area contributed by atoms with Crippen molar-refractivity contribution in [1.82, 2.24) is 14.9 Å². The van der Waals surface area contributed by atoms with Gasteiger partial charge in [-0.3, -0.25) is 4.79 Å². The van der Waals surface area contributed by atoms with Crippen LogP contribution in [0.2, 0.25) is 19.6 Å². The summed E-state index contributed by atoms with van der Waals surface area (Å²) in [7, 11) is -1.39. The second-order valence-corrected chi connectivity index (χ2v) is 12.9. The number of aromatic nitrogens is 2. The molecule has 1 amide bonds. The zero-order valence-corrected chi connectivity index (χ0v) is 17.2. The van der Waals surface area contributed by atoms with Gasteiger partial charge in [0.25, 0.3) is 0 Å². The van der Waals surface area contributed by atoms with Crippen molar-refractivity contribution < 1.29 is 4.79 Å². The number of H-pyrrole nitrogens is 1. The van der Waals surface area contributed by atoms with Gasteiger partial charge in [0.15, 0.2) is 0 Å². The van der Waals surface area contributed by atoms with Crippen LogP contribution in [0.4, 0.5) is 0 Å². The number of hydrogen-bond acceptors (Lipinski definition) is 2. The number of amides is 1. The molecule has 0 aromatic carbocycles. The lowest BCUT2D eigenvalue weighted by atomic mass is 9.96. The van der Waals surface area contributed by atoms with E-state index in [0.717, 1.165) is 30.9 Å². The highest BCUT2D eigenvalue weighted by Gasteiger charge is 2.34. The molecular weight excluding hydrogens is 326 g/mol. The van der Waals surface area contributed by atoms with Gasteiger partial charge in [-0.1, -0.05) is 40.4 Å². The summed E-state index contributed by atoms with van der Waals surface area (Å²) in [6, 6.07) is 0.0392. The van der Waals surface area contributed by atoms with Crippen LogP contribution < -0.4 is 0 Å². The van der Waals surface area contributed by atoms with Crippen LogP contribution in [-0.4, -0.2) is 35.4 Å². The number of carbonyl (C=O) groups is 1. The van der Waals surface area contributed by atoms with Crippen LogP contribution in [0, 0.1) is 35.1 Å². The summed E-state index contributed by atoms with van der Waals surface area (Å²) < 4.78 is 0. The monoisotopic (exact) mass is 355 g/mol. The predicted octanol–water partition coefficient (Wildman–Crippen LogP) is 3.60. The minimum Gasteiger partial charge on any atom is -0.334 e. The fourth-order valence-electron chi connectivity index (χ4n) is 2.75. The van der Waals surface area contributed by atoms with E-state index in [9.17, 15) is 4.79 Å². The Kier molecular flexibility index (Phi) is 6.14. The first kappa shape index (κ1) is 19.3.